The van der Waals surface area contributed by atoms with Crippen LogP contribution in [0.5, 0.6) is 0 Å². The summed E-state index contributed by atoms with van der Waals surface area (Å²) in [5.74, 6) is 0.142. The summed E-state index contributed by atoms with van der Waals surface area (Å²) in [6, 6.07) is 4.01. The Kier molecular flexibility index (Phi) is 2.96. The van der Waals surface area contributed by atoms with Crippen LogP contribution in [0.1, 0.15) is 11.3 Å². The number of methoxy groups -OCH3 is 1. The molecule has 76 valence electrons. The number of carbonyl (C=O) groups is 1. The van der Waals surface area contributed by atoms with Crippen LogP contribution in [0.3, 0.4) is 0 Å². The summed E-state index contributed by atoms with van der Waals surface area (Å²) >= 11 is 1.66. The van der Waals surface area contributed by atoms with Crippen LogP contribution in [-0.2, 0) is 20.9 Å². The van der Waals surface area contributed by atoms with E-state index in [2.05, 4.69) is 0 Å². The highest BCUT2D eigenvalue weighted by Gasteiger charge is 2.40. The zero-order chi connectivity index (χ0) is 9.97. The summed E-state index contributed by atoms with van der Waals surface area (Å²) in [6.07, 6.45) is 0.105. The molecular weight excluding hydrogens is 200 g/mol. The van der Waals surface area contributed by atoms with E-state index in [1.807, 2.05) is 17.5 Å². The molecule has 2 atom stereocenters. The lowest BCUT2D eigenvalue weighted by atomic mass is 9.90. The van der Waals surface area contributed by atoms with Gasteiger partial charge in [0.05, 0.1) is 12.7 Å². The van der Waals surface area contributed by atoms with E-state index in [1.165, 1.54) is 4.88 Å². The van der Waals surface area contributed by atoms with Crippen LogP contribution in [0, 0.1) is 0 Å². The molecule has 0 bridgehead atoms. The van der Waals surface area contributed by atoms with E-state index >= 15 is 0 Å². The number of hydrogen-bond acceptors (Lipinski definition) is 4. The maximum atomic E-state index is 11.0. The standard InChI is InChI=1S/C10H12O3S/c1-12-10-8(11)5-9(10)13-6-7-3-2-4-14-7/h2-4,9-10H,5-6H2,1H3. The largest absolute Gasteiger partial charge is 0.371 e. The van der Waals surface area contributed by atoms with Gasteiger partial charge in [0.1, 0.15) is 6.10 Å². The molecule has 3 nitrogen and oxygen atoms in total. The smallest absolute Gasteiger partial charge is 0.166 e. The molecule has 0 N–H and O–H groups in total. The number of rotatable bonds is 4. The fourth-order valence-corrected chi connectivity index (χ4v) is 2.11. The number of hydrogen-bond donors (Lipinski definition) is 0. The van der Waals surface area contributed by atoms with Gasteiger partial charge in [-0.05, 0) is 11.4 Å². The number of Topliss-reactive ketones (excluding diaryl/α,β-unsaturated/α-hetero) is 1. The molecule has 1 saturated carbocycles. The highest BCUT2D eigenvalue weighted by Crippen LogP contribution is 2.24. The van der Waals surface area contributed by atoms with Gasteiger partial charge in [-0.1, -0.05) is 6.07 Å². The Morgan fingerprint density at radius 2 is 2.50 bits per heavy atom. The molecule has 1 aromatic rings. The molecule has 14 heavy (non-hydrogen) atoms. The monoisotopic (exact) mass is 212 g/mol. The summed E-state index contributed by atoms with van der Waals surface area (Å²) in [5, 5.41) is 2.01. The molecule has 1 fully saturated rings. The lowest BCUT2D eigenvalue weighted by Crippen LogP contribution is -2.49. The van der Waals surface area contributed by atoms with Crippen LogP contribution in [0.4, 0.5) is 0 Å². The Labute approximate surface area is 86.6 Å². The maximum absolute atomic E-state index is 11.0. The fraction of sp³-hybridized carbons (Fsp3) is 0.500. The minimum atomic E-state index is -0.338. The Balaban J connectivity index is 1.79. The first kappa shape index (κ1) is 9.83. The van der Waals surface area contributed by atoms with Crippen molar-refractivity contribution in [3.8, 4) is 0 Å². The summed E-state index contributed by atoms with van der Waals surface area (Å²) in [7, 11) is 1.54. The van der Waals surface area contributed by atoms with E-state index in [9.17, 15) is 4.79 Å². The molecule has 2 unspecified atom stereocenters. The summed E-state index contributed by atoms with van der Waals surface area (Å²) in [6.45, 7) is 0.579. The molecule has 0 saturated heterocycles. The third-order valence-corrected chi connectivity index (χ3v) is 3.18. The number of thiophene rings is 1. The molecule has 0 radical (unpaired) electrons. The first-order valence-corrected chi connectivity index (χ1v) is 5.38. The van der Waals surface area contributed by atoms with Crippen LogP contribution in [0.25, 0.3) is 0 Å². The normalized spacial score (nSPS) is 26.2. The third-order valence-electron chi connectivity index (χ3n) is 2.33. The lowest BCUT2D eigenvalue weighted by molar-refractivity contribution is -0.162. The second-order valence-corrected chi connectivity index (χ2v) is 4.29. The van der Waals surface area contributed by atoms with Gasteiger partial charge < -0.3 is 9.47 Å². The van der Waals surface area contributed by atoms with Gasteiger partial charge in [0, 0.05) is 18.4 Å². The van der Waals surface area contributed by atoms with Gasteiger partial charge in [-0.15, -0.1) is 11.3 Å². The second kappa shape index (κ2) is 4.21. The van der Waals surface area contributed by atoms with Crippen molar-refractivity contribution < 1.29 is 14.3 Å². The van der Waals surface area contributed by atoms with Crippen molar-refractivity contribution in [2.45, 2.75) is 25.2 Å². The quantitative estimate of drug-likeness (QED) is 0.760. The van der Waals surface area contributed by atoms with Gasteiger partial charge in [-0.3, -0.25) is 4.79 Å². The van der Waals surface area contributed by atoms with Crippen LogP contribution in [0.15, 0.2) is 17.5 Å². The Morgan fingerprint density at radius 1 is 1.64 bits per heavy atom. The molecule has 0 aromatic carbocycles. The van der Waals surface area contributed by atoms with E-state index in [1.54, 1.807) is 18.4 Å². The Bertz CT molecular complexity index is 307. The van der Waals surface area contributed by atoms with Gasteiger partial charge in [-0.2, -0.15) is 0 Å². The second-order valence-electron chi connectivity index (χ2n) is 3.26. The molecule has 2 rings (SSSR count). The molecule has 0 amide bonds. The highest BCUT2D eigenvalue weighted by molar-refractivity contribution is 7.09. The van der Waals surface area contributed by atoms with Crippen molar-refractivity contribution in [2.24, 2.45) is 0 Å². The number of ether oxygens (including phenoxy) is 2. The minimum Gasteiger partial charge on any atom is -0.371 e. The van der Waals surface area contributed by atoms with Crippen LogP contribution in [-0.4, -0.2) is 25.1 Å². The van der Waals surface area contributed by atoms with Gasteiger partial charge in [-0.25, -0.2) is 0 Å². The molecular formula is C10H12O3S. The third kappa shape index (κ3) is 1.87. The zero-order valence-corrected chi connectivity index (χ0v) is 8.75. The van der Waals surface area contributed by atoms with E-state index in [4.69, 9.17) is 9.47 Å². The van der Waals surface area contributed by atoms with Gasteiger partial charge in [0.15, 0.2) is 5.78 Å². The van der Waals surface area contributed by atoms with Crippen LogP contribution >= 0.6 is 11.3 Å². The highest BCUT2D eigenvalue weighted by atomic mass is 32.1. The van der Waals surface area contributed by atoms with Gasteiger partial charge in [0.2, 0.25) is 0 Å². The Morgan fingerprint density at radius 3 is 3.07 bits per heavy atom. The number of carbonyl (C=O) groups excluding carboxylic acids is 1. The van der Waals surface area contributed by atoms with Crippen molar-refractivity contribution in [3.05, 3.63) is 22.4 Å². The molecule has 0 spiro atoms. The SMILES string of the molecule is COC1C(=O)CC1OCc1cccs1. The molecule has 1 aliphatic rings. The number of ketones is 1. The van der Waals surface area contributed by atoms with Crippen LogP contribution in [0.2, 0.25) is 0 Å². The van der Waals surface area contributed by atoms with E-state index < -0.39 is 0 Å². The van der Waals surface area contributed by atoms with Crippen LogP contribution < -0.4 is 0 Å². The average Bonchev–Trinajstić information content (AvgIpc) is 2.65. The fourth-order valence-electron chi connectivity index (χ4n) is 1.48. The van der Waals surface area contributed by atoms with E-state index in [-0.39, 0.29) is 18.0 Å². The molecule has 4 heteroatoms. The van der Waals surface area contributed by atoms with Gasteiger partial charge >= 0.3 is 0 Å². The van der Waals surface area contributed by atoms with E-state index in [0.717, 1.165) is 0 Å². The predicted molar refractivity (Wildman–Crippen MR) is 53.3 cm³/mol. The first-order chi connectivity index (χ1) is 6.81. The van der Waals surface area contributed by atoms with Crippen molar-refractivity contribution in [2.75, 3.05) is 7.11 Å². The lowest BCUT2D eigenvalue weighted by Gasteiger charge is -2.33. The molecule has 1 aliphatic carbocycles. The topological polar surface area (TPSA) is 35.5 Å². The first-order valence-electron chi connectivity index (χ1n) is 4.50. The molecule has 1 heterocycles. The maximum Gasteiger partial charge on any atom is 0.166 e. The van der Waals surface area contributed by atoms with Gasteiger partial charge in [0.25, 0.3) is 0 Å². The summed E-state index contributed by atoms with van der Waals surface area (Å²) < 4.78 is 10.6. The summed E-state index contributed by atoms with van der Waals surface area (Å²) in [4.78, 5) is 12.2. The van der Waals surface area contributed by atoms with Crippen molar-refractivity contribution >= 4 is 17.1 Å². The predicted octanol–water partition coefficient (Wildman–Crippen LogP) is 1.62. The Hall–Kier alpha value is -0.710. The zero-order valence-electron chi connectivity index (χ0n) is 7.93. The minimum absolute atomic E-state index is 0.0467. The average molecular weight is 212 g/mol. The van der Waals surface area contributed by atoms with E-state index in [0.29, 0.717) is 13.0 Å². The molecule has 1 aromatic heterocycles. The molecule has 0 aliphatic heterocycles. The van der Waals surface area contributed by atoms with Crippen molar-refractivity contribution in [3.63, 3.8) is 0 Å². The van der Waals surface area contributed by atoms with Crippen molar-refractivity contribution in [1.82, 2.24) is 0 Å². The van der Waals surface area contributed by atoms with Crippen molar-refractivity contribution in [1.29, 1.82) is 0 Å². The summed E-state index contributed by atoms with van der Waals surface area (Å²) in [5.41, 5.74) is 0.